The van der Waals surface area contributed by atoms with E-state index in [9.17, 15) is 5.11 Å². The molecule has 2 aromatic heterocycles. The zero-order valence-electron chi connectivity index (χ0n) is 16.4. The van der Waals surface area contributed by atoms with Gasteiger partial charge in [-0.3, -0.25) is 9.67 Å². The Labute approximate surface area is 168 Å². The Morgan fingerprint density at radius 1 is 1.14 bits per heavy atom. The molecule has 29 heavy (non-hydrogen) atoms. The molecule has 1 saturated heterocycles. The Morgan fingerprint density at radius 2 is 2.03 bits per heavy atom. The number of fused-ring (bicyclic) bond motifs is 1. The highest BCUT2D eigenvalue weighted by Crippen LogP contribution is 2.29. The van der Waals surface area contributed by atoms with Crippen LogP contribution in [0.2, 0.25) is 0 Å². The molecule has 0 aliphatic carbocycles. The molecular weight excluding hydrogens is 368 g/mol. The summed E-state index contributed by atoms with van der Waals surface area (Å²) in [7, 11) is 3.53. The third kappa shape index (κ3) is 3.20. The normalized spacial score (nSPS) is 20.8. The average molecular weight is 390 g/mol. The second kappa shape index (κ2) is 7.06. The maximum atomic E-state index is 10.1. The van der Waals surface area contributed by atoms with Gasteiger partial charge in [0.25, 0.3) is 0 Å². The largest absolute Gasteiger partial charge is 0.388 e. The molecule has 1 fully saturated rings. The Balaban J connectivity index is 1.47. The Hall–Kier alpha value is -3.10. The van der Waals surface area contributed by atoms with Gasteiger partial charge in [0.1, 0.15) is 18.2 Å². The van der Waals surface area contributed by atoms with Gasteiger partial charge in [0.2, 0.25) is 0 Å². The Morgan fingerprint density at radius 3 is 2.79 bits per heavy atom. The average Bonchev–Trinajstić information content (AvgIpc) is 3.45. The van der Waals surface area contributed by atoms with Crippen molar-refractivity contribution in [3.63, 3.8) is 0 Å². The molecule has 1 aromatic carbocycles. The third-order valence-electron chi connectivity index (χ3n) is 5.57. The molecule has 2 aliphatic heterocycles. The van der Waals surface area contributed by atoms with Crippen LogP contribution < -0.4 is 4.90 Å². The lowest BCUT2D eigenvalue weighted by molar-refractivity contribution is 0.0217. The van der Waals surface area contributed by atoms with Crippen molar-refractivity contribution in [3.05, 3.63) is 59.8 Å². The maximum absolute atomic E-state index is 10.1. The minimum atomic E-state index is -0.523. The summed E-state index contributed by atoms with van der Waals surface area (Å²) in [6, 6.07) is 8.32. The van der Waals surface area contributed by atoms with E-state index in [0.717, 1.165) is 33.9 Å². The molecule has 2 aliphatic rings. The van der Waals surface area contributed by atoms with Gasteiger partial charge in [-0.05, 0) is 17.2 Å². The van der Waals surface area contributed by atoms with Crippen LogP contribution in [-0.2, 0) is 18.3 Å². The molecular formula is C21H22N6O2. The van der Waals surface area contributed by atoms with E-state index in [1.165, 1.54) is 5.56 Å². The number of aliphatic hydroxyl groups is 1. The molecule has 3 aromatic rings. The van der Waals surface area contributed by atoms with Crippen LogP contribution in [0, 0.1) is 0 Å². The van der Waals surface area contributed by atoms with Crippen molar-refractivity contribution >= 4 is 11.5 Å². The lowest BCUT2D eigenvalue weighted by Gasteiger charge is -2.17. The highest BCUT2D eigenvalue weighted by Gasteiger charge is 2.32. The van der Waals surface area contributed by atoms with Crippen molar-refractivity contribution in [2.45, 2.75) is 18.8 Å². The van der Waals surface area contributed by atoms with Crippen LogP contribution in [0.3, 0.4) is 0 Å². The summed E-state index contributed by atoms with van der Waals surface area (Å²) >= 11 is 0. The molecule has 0 spiro atoms. The van der Waals surface area contributed by atoms with Gasteiger partial charge < -0.3 is 14.7 Å². The first-order valence-electron chi connectivity index (χ1n) is 9.57. The number of β-amino-alcohol motifs (C(OH)–C–C–N with tert-alkyl or cyclic N) is 1. The second-order valence-corrected chi connectivity index (χ2v) is 7.45. The van der Waals surface area contributed by atoms with E-state index < -0.39 is 6.10 Å². The third-order valence-corrected chi connectivity index (χ3v) is 5.57. The topological polar surface area (TPSA) is 88.7 Å². The predicted molar refractivity (Wildman–Crippen MR) is 109 cm³/mol. The molecule has 4 heterocycles. The minimum absolute atomic E-state index is 0.208. The van der Waals surface area contributed by atoms with E-state index in [1.807, 2.05) is 30.4 Å². The van der Waals surface area contributed by atoms with E-state index in [4.69, 9.17) is 9.73 Å². The van der Waals surface area contributed by atoms with Gasteiger partial charge in [-0.25, -0.2) is 9.97 Å². The first-order chi connectivity index (χ1) is 14.1. The highest BCUT2D eigenvalue weighted by molar-refractivity contribution is 6.14. The molecule has 8 nitrogen and oxygen atoms in total. The van der Waals surface area contributed by atoms with Crippen molar-refractivity contribution in [1.29, 1.82) is 0 Å². The van der Waals surface area contributed by atoms with Gasteiger partial charge in [0.05, 0.1) is 30.3 Å². The molecule has 0 radical (unpaired) electrons. The van der Waals surface area contributed by atoms with E-state index in [0.29, 0.717) is 19.6 Å². The van der Waals surface area contributed by atoms with Crippen LogP contribution in [0.5, 0.6) is 0 Å². The summed E-state index contributed by atoms with van der Waals surface area (Å²) in [4.78, 5) is 15.6. The minimum Gasteiger partial charge on any atom is -0.388 e. The van der Waals surface area contributed by atoms with E-state index in [1.54, 1.807) is 18.1 Å². The number of hydrogen-bond acceptors (Lipinski definition) is 7. The summed E-state index contributed by atoms with van der Waals surface area (Å²) in [5.74, 6) is 0.771. The van der Waals surface area contributed by atoms with Gasteiger partial charge in [-0.15, -0.1) is 0 Å². The summed E-state index contributed by atoms with van der Waals surface area (Å²) in [5, 5.41) is 14.4. The number of rotatable bonds is 4. The predicted octanol–water partition coefficient (Wildman–Crippen LogP) is 1.42. The number of aromatic nitrogens is 4. The van der Waals surface area contributed by atoms with Gasteiger partial charge in [-0.1, -0.05) is 12.1 Å². The fourth-order valence-corrected chi connectivity index (χ4v) is 3.98. The fraction of sp³-hybridized carbons (Fsp3) is 0.333. The van der Waals surface area contributed by atoms with Crippen molar-refractivity contribution < 1.29 is 9.84 Å². The zero-order chi connectivity index (χ0) is 20.0. The monoisotopic (exact) mass is 390 g/mol. The second-order valence-electron chi connectivity index (χ2n) is 7.45. The highest BCUT2D eigenvalue weighted by atomic mass is 16.5. The van der Waals surface area contributed by atoms with E-state index >= 15 is 0 Å². The SMILES string of the molecule is CO[C@H]1CN(c2cc(C3=NCc4ccc(-c5cnn(C)c5)cc43)ncn2)C[C@@H]1O. The van der Waals surface area contributed by atoms with E-state index in [2.05, 4.69) is 33.3 Å². The molecule has 2 atom stereocenters. The lowest BCUT2D eigenvalue weighted by atomic mass is 9.98. The maximum Gasteiger partial charge on any atom is 0.132 e. The van der Waals surface area contributed by atoms with Crippen molar-refractivity contribution in [3.8, 4) is 11.1 Å². The van der Waals surface area contributed by atoms with Crippen LogP contribution in [0.4, 0.5) is 5.82 Å². The molecule has 0 saturated carbocycles. The quantitative estimate of drug-likeness (QED) is 0.725. The molecule has 0 amide bonds. The molecule has 0 unspecified atom stereocenters. The van der Waals surface area contributed by atoms with Crippen molar-refractivity contribution in [2.24, 2.45) is 12.0 Å². The molecule has 5 rings (SSSR count). The van der Waals surface area contributed by atoms with Crippen LogP contribution in [0.1, 0.15) is 16.8 Å². The van der Waals surface area contributed by atoms with Gasteiger partial charge in [0, 0.05) is 50.6 Å². The zero-order valence-corrected chi connectivity index (χ0v) is 16.4. The number of nitrogens with zero attached hydrogens (tertiary/aromatic N) is 6. The summed E-state index contributed by atoms with van der Waals surface area (Å²) in [5.41, 5.74) is 6.11. The lowest BCUT2D eigenvalue weighted by Crippen LogP contribution is -2.25. The van der Waals surface area contributed by atoms with Crippen molar-refractivity contribution in [2.75, 3.05) is 25.1 Å². The number of ether oxygens (including phenoxy) is 1. The van der Waals surface area contributed by atoms with Gasteiger partial charge in [-0.2, -0.15) is 5.10 Å². The number of aliphatic hydroxyl groups excluding tert-OH is 1. The number of aliphatic imine (C=N–C) groups is 1. The van der Waals surface area contributed by atoms with Crippen LogP contribution in [0.25, 0.3) is 11.1 Å². The molecule has 0 bridgehead atoms. The standard InChI is InChI=1S/C21H22N6O2/c1-26-9-15(8-25-26)13-3-4-14-7-22-21(16(14)5-13)17-6-20(24-12-23-17)27-10-18(28)19(11-27)29-2/h3-6,8-9,12,18-19,28H,7,10-11H2,1-2H3/t18-,19-/m0/s1. The van der Waals surface area contributed by atoms with Gasteiger partial charge >= 0.3 is 0 Å². The van der Waals surface area contributed by atoms with Crippen LogP contribution in [-0.4, -0.2) is 63.0 Å². The number of anilines is 1. The first-order valence-corrected chi connectivity index (χ1v) is 9.57. The number of aryl methyl sites for hydroxylation is 1. The number of methoxy groups -OCH3 is 1. The summed E-state index contributed by atoms with van der Waals surface area (Å²) in [6.45, 7) is 1.73. The molecule has 148 valence electrons. The Kier molecular flexibility index (Phi) is 4.37. The van der Waals surface area contributed by atoms with Crippen LogP contribution in [0.15, 0.2) is 48.0 Å². The summed E-state index contributed by atoms with van der Waals surface area (Å²) < 4.78 is 7.14. The van der Waals surface area contributed by atoms with Gasteiger partial charge in [0.15, 0.2) is 0 Å². The molecule has 8 heteroatoms. The smallest absolute Gasteiger partial charge is 0.132 e. The number of hydrogen-bond donors (Lipinski definition) is 1. The first kappa shape index (κ1) is 18.0. The molecule has 1 N–H and O–H groups in total. The van der Waals surface area contributed by atoms with E-state index in [-0.39, 0.29) is 6.10 Å². The number of benzene rings is 1. The van der Waals surface area contributed by atoms with Crippen LogP contribution >= 0.6 is 0 Å². The Bertz CT molecular complexity index is 1090. The summed E-state index contributed by atoms with van der Waals surface area (Å²) in [6.07, 6.45) is 4.69. The fourth-order valence-electron chi connectivity index (χ4n) is 3.98. The van der Waals surface area contributed by atoms with Crippen molar-refractivity contribution in [1.82, 2.24) is 19.7 Å².